The number of nitrogens with zero attached hydrogens (tertiary/aromatic N) is 3. The van der Waals surface area contributed by atoms with Gasteiger partial charge >= 0.3 is 0 Å². The van der Waals surface area contributed by atoms with Crippen molar-refractivity contribution in [1.82, 2.24) is 20.1 Å². The minimum atomic E-state index is 0.849. The highest BCUT2D eigenvalue weighted by molar-refractivity contribution is 5.10. The molecule has 4 heteroatoms. The Balaban J connectivity index is 1.39. The Labute approximate surface area is 102 Å². The zero-order chi connectivity index (χ0) is 11.7. The summed E-state index contributed by atoms with van der Waals surface area (Å²) in [6.07, 6.45) is 10.3. The maximum absolute atomic E-state index is 4.09. The molecule has 2 bridgehead atoms. The lowest BCUT2D eigenvalue weighted by Gasteiger charge is -2.18. The topological polar surface area (TPSA) is 42.7 Å². The van der Waals surface area contributed by atoms with E-state index < -0.39 is 0 Å². The summed E-state index contributed by atoms with van der Waals surface area (Å²) in [5, 5.41) is 11.5. The number of aryl methyl sites for hydroxylation is 1. The monoisotopic (exact) mass is 232 g/mol. The average Bonchev–Trinajstić information content (AvgIpc) is 3.01. The van der Waals surface area contributed by atoms with Gasteiger partial charge in [-0.25, -0.2) is 0 Å². The fraction of sp³-hybridized carbons (Fsp3) is 0.692. The van der Waals surface area contributed by atoms with E-state index >= 15 is 0 Å². The molecule has 3 rings (SSSR count). The Morgan fingerprint density at radius 2 is 2.35 bits per heavy atom. The predicted octanol–water partition coefficient (Wildman–Crippen LogP) is 1.16. The Morgan fingerprint density at radius 1 is 1.41 bits per heavy atom. The van der Waals surface area contributed by atoms with Gasteiger partial charge in [-0.2, -0.15) is 0 Å². The molecule has 2 aliphatic rings. The summed E-state index contributed by atoms with van der Waals surface area (Å²) >= 11 is 0. The molecule has 1 aromatic rings. The van der Waals surface area contributed by atoms with Crippen LogP contribution in [0.2, 0.25) is 0 Å². The highest BCUT2D eigenvalue weighted by atomic mass is 15.2. The largest absolute Gasteiger partial charge is 0.321 e. The molecular formula is C13H20N4. The van der Waals surface area contributed by atoms with E-state index in [1.165, 1.54) is 12.8 Å². The van der Waals surface area contributed by atoms with Gasteiger partial charge in [0.1, 0.15) is 12.2 Å². The first-order chi connectivity index (χ1) is 8.33. The van der Waals surface area contributed by atoms with E-state index in [0.29, 0.717) is 0 Å². The molecule has 0 radical (unpaired) electrons. The number of rotatable bonds is 5. The third-order valence-corrected chi connectivity index (χ3v) is 4.15. The standard InChI is InChI=1S/C13H20N4/c1-17-9-15-16-13(17)4-5-14-8-12-7-10-2-3-11(12)6-10/h2-3,9-12,14H,4-8H2,1H3. The predicted molar refractivity (Wildman–Crippen MR) is 66.4 cm³/mol. The number of allylic oxidation sites excluding steroid dienone is 2. The molecule has 1 fully saturated rings. The zero-order valence-corrected chi connectivity index (χ0v) is 10.3. The molecule has 4 nitrogen and oxygen atoms in total. The van der Waals surface area contributed by atoms with Crippen molar-refractivity contribution in [2.45, 2.75) is 19.3 Å². The van der Waals surface area contributed by atoms with Crippen LogP contribution in [0.15, 0.2) is 18.5 Å². The molecule has 1 heterocycles. The number of hydrogen-bond acceptors (Lipinski definition) is 3. The highest BCUT2D eigenvalue weighted by Crippen LogP contribution is 2.42. The van der Waals surface area contributed by atoms with Crippen molar-refractivity contribution in [2.75, 3.05) is 13.1 Å². The van der Waals surface area contributed by atoms with Crippen molar-refractivity contribution >= 4 is 0 Å². The minimum absolute atomic E-state index is 0.849. The van der Waals surface area contributed by atoms with Crippen LogP contribution < -0.4 is 5.32 Å². The van der Waals surface area contributed by atoms with Gasteiger partial charge < -0.3 is 9.88 Å². The fourth-order valence-electron chi connectivity index (χ4n) is 3.15. The summed E-state index contributed by atoms with van der Waals surface area (Å²) in [6.45, 7) is 2.16. The summed E-state index contributed by atoms with van der Waals surface area (Å²) in [6, 6.07) is 0. The maximum Gasteiger partial charge on any atom is 0.133 e. The average molecular weight is 232 g/mol. The summed E-state index contributed by atoms with van der Waals surface area (Å²) in [7, 11) is 2.00. The van der Waals surface area contributed by atoms with E-state index in [1.54, 1.807) is 6.33 Å². The van der Waals surface area contributed by atoms with Gasteiger partial charge in [0.25, 0.3) is 0 Å². The van der Waals surface area contributed by atoms with Gasteiger partial charge in [-0.1, -0.05) is 12.2 Å². The van der Waals surface area contributed by atoms with E-state index in [0.717, 1.165) is 43.1 Å². The van der Waals surface area contributed by atoms with Crippen molar-refractivity contribution < 1.29 is 0 Å². The lowest BCUT2D eigenvalue weighted by atomic mass is 9.94. The third-order valence-electron chi connectivity index (χ3n) is 4.15. The molecule has 1 N–H and O–H groups in total. The van der Waals surface area contributed by atoms with Gasteiger partial charge in [0, 0.05) is 20.0 Å². The molecule has 0 aliphatic heterocycles. The normalized spacial score (nSPS) is 30.3. The van der Waals surface area contributed by atoms with Crippen LogP contribution >= 0.6 is 0 Å². The molecule has 0 aromatic carbocycles. The van der Waals surface area contributed by atoms with Crippen LogP contribution in [0.1, 0.15) is 18.7 Å². The van der Waals surface area contributed by atoms with Crippen LogP contribution in [0.4, 0.5) is 0 Å². The minimum Gasteiger partial charge on any atom is -0.321 e. The van der Waals surface area contributed by atoms with E-state index in [1.807, 2.05) is 11.6 Å². The van der Waals surface area contributed by atoms with E-state index in [-0.39, 0.29) is 0 Å². The van der Waals surface area contributed by atoms with Crippen molar-refractivity contribution in [2.24, 2.45) is 24.8 Å². The molecule has 0 amide bonds. The van der Waals surface area contributed by atoms with Gasteiger partial charge in [0.05, 0.1) is 0 Å². The third kappa shape index (κ3) is 2.27. The van der Waals surface area contributed by atoms with Crippen LogP contribution in [0.3, 0.4) is 0 Å². The second-order valence-corrected chi connectivity index (χ2v) is 5.35. The first kappa shape index (κ1) is 11.0. The van der Waals surface area contributed by atoms with Crippen molar-refractivity contribution in [3.05, 3.63) is 24.3 Å². The zero-order valence-electron chi connectivity index (χ0n) is 10.3. The van der Waals surface area contributed by atoms with Gasteiger partial charge in [-0.3, -0.25) is 0 Å². The molecule has 2 aliphatic carbocycles. The molecule has 3 atom stereocenters. The Kier molecular flexibility index (Phi) is 2.97. The number of fused-ring (bicyclic) bond motifs is 2. The summed E-state index contributed by atoms with van der Waals surface area (Å²) in [4.78, 5) is 0. The van der Waals surface area contributed by atoms with Crippen LogP contribution in [-0.2, 0) is 13.5 Å². The summed E-state index contributed by atoms with van der Waals surface area (Å²) < 4.78 is 1.99. The Morgan fingerprint density at radius 3 is 3.00 bits per heavy atom. The molecule has 0 saturated heterocycles. The van der Waals surface area contributed by atoms with E-state index in [2.05, 4.69) is 27.7 Å². The molecule has 1 saturated carbocycles. The molecule has 0 spiro atoms. The summed E-state index contributed by atoms with van der Waals surface area (Å²) in [5.41, 5.74) is 0. The summed E-state index contributed by atoms with van der Waals surface area (Å²) in [5.74, 6) is 3.66. The van der Waals surface area contributed by atoms with Crippen molar-refractivity contribution in [3.8, 4) is 0 Å². The SMILES string of the molecule is Cn1cnnc1CCNCC1CC2C=CC1C2. The van der Waals surface area contributed by atoms with Gasteiger partial charge in [0.2, 0.25) is 0 Å². The number of nitrogens with one attached hydrogen (secondary N) is 1. The van der Waals surface area contributed by atoms with Gasteiger partial charge in [0.15, 0.2) is 0 Å². The lowest BCUT2D eigenvalue weighted by molar-refractivity contribution is 0.415. The molecule has 3 unspecified atom stereocenters. The molecule has 92 valence electrons. The van der Waals surface area contributed by atoms with Crippen molar-refractivity contribution in [1.29, 1.82) is 0 Å². The first-order valence-corrected chi connectivity index (χ1v) is 6.55. The number of hydrogen-bond donors (Lipinski definition) is 1. The first-order valence-electron chi connectivity index (χ1n) is 6.55. The second kappa shape index (κ2) is 4.61. The highest BCUT2D eigenvalue weighted by Gasteiger charge is 2.34. The van der Waals surface area contributed by atoms with Crippen LogP contribution in [-0.4, -0.2) is 27.9 Å². The quantitative estimate of drug-likeness (QED) is 0.612. The lowest BCUT2D eigenvalue weighted by Crippen LogP contribution is -2.27. The fourth-order valence-corrected chi connectivity index (χ4v) is 3.15. The van der Waals surface area contributed by atoms with Gasteiger partial charge in [-0.05, 0) is 37.1 Å². The Hall–Kier alpha value is -1.16. The number of aromatic nitrogens is 3. The molecular weight excluding hydrogens is 212 g/mol. The van der Waals surface area contributed by atoms with Crippen LogP contribution in [0, 0.1) is 17.8 Å². The van der Waals surface area contributed by atoms with E-state index in [9.17, 15) is 0 Å². The Bertz CT molecular complexity index is 409. The molecule has 1 aromatic heterocycles. The van der Waals surface area contributed by atoms with Crippen molar-refractivity contribution in [3.63, 3.8) is 0 Å². The van der Waals surface area contributed by atoms with Crippen LogP contribution in [0.5, 0.6) is 0 Å². The van der Waals surface area contributed by atoms with E-state index in [4.69, 9.17) is 0 Å². The maximum atomic E-state index is 4.09. The van der Waals surface area contributed by atoms with Crippen LogP contribution in [0.25, 0.3) is 0 Å². The molecule has 17 heavy (non-hydrogen) atoms. The van der Waals surface area contributed by atoms with Gasteiger partial charge in [-0.15, -0.1) is 10.2 Å². The smallest absolute Gasteiger partial charge is 0.133 e. The second-order valence-electron chi connectivity index (χ2n) is 5.35.